The number of nitrogens with one attached hydrogen (secondary N) is 1. The van der Waals surface area contributed by atoms with Gasteiger partial charge in [0.2, 0.25) is 15.9 Å². The number of hydrogen-bond acceptors (Lipinski definition) is 3. The zero-order valence-corrected chi connectivity index (χ0v) is 17.0. The molecule has 0 aliphatic carbocycles. The van der Waals surface area contributed by atoms with Gasteiger partial charge in [0.05, 0.1) is 11.9 Å². The van der Waals surface area contributed by atoms with Crippen LogP contribution < -0.4 is 9.62 Å². The maximum absolute atomic E-state index is 12.9. The maximum atomic E-state index is 12.9. The Morgan fingerprint density at radius 2 is 1.81 bits per heavy atom. The van der Waals surface area contributed by atoms with E-state index in [9.17, 15) is 13.2 Å². The molecule has 26 heavy (non-hydrogen) atoms. The molecule has 0 saturated carbocycles. The number of aryl methyl sites for hydroxylation is 1. The number of amides is 1. The molecule has 140 valence electrons. The van der Waals surface area contributed by atoms with Gasteiger partial charge in [0, 0.05) is 15.7 Å². The molecule has 1 unspecified atom stereocenters. The predicted octanol–water partition coefficient (Wildman–Crippen LogP) is 4.49. The van der Waals surface area contributed by atoms with E-state index in [0.717, 1.165) is 16.1 Å². The molecule has 0 bridgehead atoms. The Hall–Kier alpha value is -1.76. The van der Waals surface area contributed by atoms with Crippen molar-refractivity contribution in [1.82, 2.24) is 0 Å². The third-order valence-electron chi connectivity index (χ3n) is 3.85. The van der Waals surface area contributed by atoms with Gasteiger partial charge in [-0.25, -0.2) is 8.42 Å². The minimum absolute atomic E-state index is 0.283. The summed E-state index contributed by atoms with van der Waals surface area (Å²) in [6.07, 6.45) is 1.35. The Morgan fingerprint density at radius 1 is 1.15 bits per heavy atom. The normalized spacial score (nSPS) is 12.5. The average Bonchev–Trinajstić information content (AvgIpc) is 2.54. The zero-order chi connectivity index (χ0) is 19.5. The van der Waals surface area contributed by atoms with Crippen LogP contribution in [0.2, 0.25) is 10.0 Å². The molecule has 0 radical (unpaired) electrons. The first-order valence-electron chi connectivity index (χ1n) is 7.95. The first-order valence-corrected chi connectivity index (χ1v) is 10.6. The van der Waals surface area contributed by atoms with Crippen molar-refractivity contribution < 1.29 is 13.2 Å². The monoisotopic (exact) mass is 414 g/mol. The Labute approximate surface area is 164 Å². The van der Waals surface area contributed by atoms with Crippen LogP contribution in [0.15, 0.2) is 42.5 Å². The van der Waals surface area contributed by atoms with Crippen LogP contribution in [0.3, 0.4) is 0 Å². The van der Waals surface area contributed by atoms with Crippen LogP contribution in [0.1, 0.15) is 18.9 Å². The molecular formula is C18H20Cl2N2O3S. The summed E-state index contributed by atoms with van der Waals surface area (Å²) in [5.41, 5.74) is 1.71. The standard InChI is InChI=1S/C18H20Cl2N2O3S/c1-4-17(18(23)21-16-11-14(20)9-8-12(16)2)22(26(3,24)25)15-7-5-6-13(19)10-15/h5-11,17H,4H2,1-3H3,(H,21,23). The molecule has 0 heterocycles. The third-order valence-corrected chi connectivity index (χ3v) is 5.50. The van der Waals surface area contributed by atoms with Crippen LogP contribution in [-0.4, -0.2) is 26.6 Å². The smallest absolute Gasteiger partial charge is 0.248 e. The number of carbonyl (C=O) groups excluding carboxylic acids is 1. The summed E-state index contributed by atoms with van der Waals surface area (Å²) in [7, 11) is -3.71. The van der Waals surface area contributed by atoms with Crippen molar-refractivity contribution in [1.29, 1.82) is 0 Å². The predicted molar refractivity (Wildman–Crippen MR) is 108 cm³/mol. The number of hydrogen-bond donors (Lipinski definition) is 1. The Morgan fingerprint density at radius 3 is 2.38 bits per heavy atom. The van der Waals surface area contributed by atoms with Crippen molar-refractivity contribution in [3.05, 3.63) is 58.1 Å². The second-order valence-corrected chi connectivity index (χ2v) is 8.64. The Balaban J connectivity index is 2.41. The van der Waals surface area contributed by atoms with Crippen molar-refractivity contribution >= 4 is 50.5 Å². The van der Waals surface area contributed by atoms with Gasteiger partial charge in [0.1, 0.15) is 6.04 Å². The van der Waals surface area contributed by atoms with E-state index in [0.29, 0.717) is 21.4 Å². The molecular weight excluding hydrogens is 395 g/mol. The Kier molecular flexibility index (Phi) is 6.55. The first-order chi connectivity index (χ1) is 12.1. The van der Waals surface area contributed by atoms with Gasteiger partial charge in [-0.05, 0) is 49.2 Å². The molecule has 0 aromatic heterocycles. The lowest BCUT2D eigenvalue weighted by molar-refractivity contribution is -0.117. The number of rotatable bonds is 6. The SMILES string of the molecule is CCC(C(=O)Nc1cc(Cl)ccc1C)N(c1cccc(Cl)c1)S(C)(=O)=O. The van der Waals surface area contributed by atoms with Crippen molar-refractivity contribution in [3.8, 4) is 0 Å². The number of benzene rings is 2. The number of nitrogens with zero attached hydrogens (tertiary/aromatic N) is 1. The summed E-state index contributed by atoms with van der Waals surface area (Å²) in [4.78, 5) is 12.9. The fourth-order valence-corrected chi connectivity index (χ4v) is 4.18. The van der Waals surface area contributed by atoms with Gasteiger partial charge >= 0.3 is 0 Å². The molecule has 1 atom stereocenters. The fraction of sp³-hybridized carbons (Fsp3) is 0.278. The number of sulfonamides is 1. The van der Waals surface area contributed by atoms with Crippen LogP contribution in [0.4, 0.5) is 11.4 Å². The fourth-order valence-electron chi connectivity index (χ4n) is 2.62. The molecule has 5 nitrogen and oxygen atoms in total. The van der Waals surface area contributed by atoms with Crippen LogP contribution in [-0.2, 0) is 14.8 Å². The molecule has 1 N–H and O–H groups in total. The summed E-state index contributed by atoms with van der Waals surface area (Å²) in [5.74, 6) is -0.441. The molecule has 2 aromatic rings. The molecule has 0 saturated heterocycles. The highest BCUT2D eigenvalue weighted by atomic mass is 35.5. The van der Waals surface area contributed by atoms with E-state index in [1.54, 1.807) is 43.3 Å². The van der Waals surface area contributed by atoms with Crippen LogP contribution in [0.5, 0.6) is 0 Å². The largest absolute Gasteiger partial charge is 0.324 e. The molecule has 0 aliphatic heterocycles. The molecule has 0 fully saturated rings. The summed E-state index contributed by atoms with van der Waals surface area (Å²) in [6.45, 7) is 3.58. The number of anilines is 2. The highest BCUT2D eigenvalue weighted by Gasteiger charge is 2.31. The number of halogens is 2. The number of carbonyl (C=O) groups is 1. The van der Waals surface area contributed by atoms with Crippen molar-refractivity contribution in [2.24, 2.45) is 0 Å². The van der Waals surface area contributed by atoms with Gasteiger partial charge in [0.15, 0.2) is 0 Å². The second kappa shape index (κ2) is 8.29. The highest BCUT2D eigenvalue weighted by Crippen LogP contribution is 2.27. The Bertz CT molecular complexity index is 916. The third kappa shape index (κ3) is 4.90. The van der Waals surface area contributed by atoms with Crippen molar-refractivity contribution in [2.45, 2.75) is 26.3 Å². The van der Waals surface area contributed by atoms with E-state index in [2.05, 4.69) is 5.32 Å². The van der Waals surface area contributed by atoms with Crippen LogP contribution >= 0.6 is 23.2 Å². The second-order valence-electron chi connectivity index (χ2n) is 5.91. The lowest BCUT2D eigenvalue weighted by Crippen LogP contribution is -2.47. The van der Waals surface area contributed by atoms with E-state index >= 15 is 0 Å². The van der Waals surface area contributed by atoms with Crippen LogP contribution in [0, 0.1) is 6.92 Å². The van der Waals surface area contributed by atoms with E-state index in [-0.39, 0.29) is 6.42 Å². The maximum Gasteiger partial charge on any atom is 0.248 e. The topological polar surface area (TPSA) is 66.5 Å². The summed E-state index contributed by atoms with van der Waals surface area (Å²) < 4.78 is 25.9. The minimum Gasteiger partial charge on any atom is -0.324 e. The molecule has 8 heteroatoms. The quantitative estimate of drug-likeness (QED) is 0.756. The zero-order valence-electron chi connectivity index (χ0n) is 14.7. The van der Waals surface area contributed by atoms with Gasteiger partial charge in [-0.15, -0.1) is 0 Å². The molecule has 0 spiro atoms. The highest BCUT2D eigenvalue weighted by molar-refractivity contribution is 7.92. The van der Waals surface area contributed by atoms with Crippen molar-refractivity contribution in [3.63, 3.8) is 0 Å². The molecule has 2 aromatic carbocycles. The van der Waals surface area contributed by atoms with Crippen LogP contribution in [0.25, 0.3) is 0 Å². The van der Waals surface area contributed by atoms with E-state index in [1.165, 1.54) is 6.07 Å². The minimum atomic E-state index is -3.71. The van der Waals surface area contributed by atoms with Gasteiger partial charge in [-0.2, -0.15) is 0 Å². The summed E-state index contributed by atoms with van der Waals surface area (Å²) in [5, 5.41) is 3.64. The molecule has 1 amide bonds. The lowest BCUT2D eigenvalue weighted by atomic mass is 10.1. The van der Waals surface area contributed by atoms with Crippen molar-refractivity contribution in [2.75, 3.05) is 15.9 Å². The van der Waals surface area contributed by atoms with E-state index in [1.807, 2.05) is 6.92 Å². The first kappa shape index (κ1) is 20.6. The average molecular weight is 415 g/mol. The molecule has 0 aliphatic rings. The molecule has 2 rings (SSSR count). The lowest BCUT2D eigenvalue weighted by Gasteiger charge is -2.30. The summed E-state index contributed by atoms with van der Waals surface area (Å²) in [6, 6.07) is 10.6. The van der Waals surface area contributed by atoms with E-state index < -0.39 is 22.0 Å². The van der Waals surface area contributed by atoms with Gasteiger partial charge in [-0.3, -0.25) is 9.10 Å². The van der Waals surface area contributed by atoms with Gasteiger partial charge < -0.3 is 5.32 Å². The van der Waals surface area contributed by atoms with Gasteiger partial charge in [-0.1, -0.05) is 42.3 Å². The van der Waals surface area contributed by atoms with E-state index in [4.69, 9.17) is 23.2 Å². The summed E-state index contributed by atoms with van der Waals surface area (Å²) >= 11 is 12.0. The van der Waals surface area contributed by atoms with Gasteiger partial charge in [0.25, 0.3) is 0 Å².